The van der Waals surface area contributed by atoms with Crippen LogP contribution in [0.4, 0.5) is 0 Å². The van der Waals surface area contributed by atoms with E-state index in [0.717, 1.165) is 0 Å². The molecule has 0 saturated carbocycles. The number of nitrogens with one attached hydrogen (secondary N) is 1. The van der Waals surface area contributed by atoms with E-state index in [0.29, 0.717) is 6.04 Å². The summed E-state index contributed by atoms with van der Waals surface area (Å²) in [6.45, 7) is 2.06. The van der Waals surface area contributed by atoms with E-state index in [1.165, 1.54) is 12.1 Å². The first kappa shape index (κ1) is 4.15. The molecule has 1 rings (SSSR count). The van der Waals surface area contributed by atoms with Gasteiger partial charge in [0, 0.05) is 6.21 Å². The lowest BCUT2D eigenvalue weighted by Crippen LogP contribution is -2.13. The summed E-state index contributed by atoms with van der Waals surface area (Å²) >= 11 is 1.40. The van der Waals surface area contributed by atoms with E-state index >= 15 is 0 Å². The molecule has 3 heteroatoms. The Balaban J connectivity index is 2.38. The topological polar surface area (TPSA) is 24.4 Å². The first-order chi connectivity index (χ1) is 2.89. The first-order valence-electron chi connectivity index (χ1n) is 1.84. The summed E-state index contributed by atoms with van der Waals surface area (Å²) in [5.41, 5.74) is 0. The molecule has 0 bridgehead atoms. The number of hydrogen-bond donors (Lipinski definition) is 1. The number of hydrogen-bond acceptors (Lipinski definition) is 3. The Bertz CT molecular complexity index is 71.2. The average Bonchev–Trinajstić information content (AvgIpc) is 1.86. The zero-order valence-corrected chi connectivity index (χ0v) is 4.33. The van der Waals surface area contributed by atoms with E-state index < -0.39 is 0 Å². The van der Waals surface area contributed by atoms with Gasteiger partial charge in [0.2, 0.25) is 0 Å². The van der Waals surface area contributed by atoms with Gasteiger partial charge in [-0.05, 0) is 6.92 Å². The third-order valence-corrected chi connectivity index (χ3v) is 1.28. The molecule has 0 saturated heterocycles. The van der Waals surface area contributed by atoms with Gasteiger partial charge in [-0.1, -0.05) is 0 Å². The summed E-state index contributed by atoms with van der Waals surface area (Å²) in [5, 5.41) is 0. The van der Waals surface area contributed by atoms with Crippen molar-refractivity contribution in [2.24, 2.45) is 4.40 Å². The molecule has 1 aliphatic heterocycles. The third-order valence-electron chi connectivity index (χ3n) is 0.576. The van der Waals surface area contributed by atoms with E-state index in [-0.39, 0.29) is 0 Å². The summed E-state index contributed by atoms with van der Waals surface area (Å²) in [6.07, 6.45) is 1.88. The highest BCUT2D eigenvalue weighted by Crippen LogP contribution is 2.02. The van der Waals surface area contributed by atoms with Gasteiger partial charge in [0.25, 0.3) is 0 Å². The minimum absolute atomic E-state index is 0.468. The zero-order chi connectivity index (χ0) is 4.41. The standard InChI is InChI=1S/C3H6N2S/c1-3-2-4-6-5-3/h2-3,5H,1H3. The van der Waals surface area contributed by atoms with Crippen molar-refractivity contribution in [2.45, 2.75) is 13.0 Å². The lowest BCUT2D eigenvalue weighted by atomic mass is 10.4. The van der Waals surface area contributed by atoms with Crippen molar-refractivity contribution < 1.29 is 0 Å². The Labute approximate surface area is 41.3 Å². The highest BCUT2D eigenvalue weighted by Gasteiger charge is 1.99. The summed E-state index contributed by atoms with van der Waals surface area (Å²) in [6, 6.07) is 0.468. The van der Waals surface area contributed by atoms with Crippen LogP contribution in [0.2, 0.25) is 0 Å². The molecular weight excluding hydrogens is 96.1 g/mol. The molecule has 1 heterocycles. The van der Waals surface area contributed by atoms with Crippen LogP contribution < -0.4 is 4.72 Å². The highest BCUT2D eigenvalue weighted by atomic mass is 32.2. The molecule has 0 aliphatic carbocycles. The maximum atomic E-state index is 3.84. The molecule has 0 fully saturated rings. The van der Waals surface area contributed by atoms with Crippen LogP contribution in [0.25, 0.3) is 0 Å². The molecule has 1 atom stereocenters. The van der Waals surface area contributed by atoms with Crippen LogP contribution in [0.1, 0.15) is 6.92 Å². The molecule has 0 radical (unpaired) electrons. The first-order valence-corrected chi connectivity index (χ1v) is 2.62. The van der Waals surface area contributed by atoms with Gasteiger partial charge in [0.05, 0.1) is 18.2 Å². The van der Waals surface area contributed by atoms with Crippen molar-refractivity contribution in [2.75, 3.05) is 0 Å². The van der Waals surface area contributed by atoms with Crippen molar-refractivity contribution in [3.05, 3.63) is 0 Å². The Hall–Kier alpha value is -0.0200. The summed E-state index contributed by atoms with van der Waals surface area (Å²) in [7, 11) is 0. The van der Waals surface area contributed by atoms with Gasteiger partial charge in [0.1, 0.15) is 0 Å². The molecule has 6 heavy (non-hydrogen) atoms. The van der Waals surface area contributed by atoms with Crippen LogP contribution in [0.15, 0.2) is 4.40 Å². The van der Waals surface area contributed by atoms with Crippen molar-refractivity contribution >= 4 is 18.3 Å². The second-order valence-corrected chi connectivity index (χ2v) is 1.88. The Kier molecular flexibility index (Phi) is 1.12. The van der Waals surface area contributed by atoms with Crippen molar-refractivity contribution in [3.63, 3.8) is 0 Å². The third kappa shape index (κ3) is 0.725. The van der Waals surface area contributed by atoms with Gasteiger partial charge in [0.15, 0.2) is 0 Å². The van der Waals surface area contributed by atoms with Crippen LogP contribution in [-0.2, 0) is 0 Å². The van der Waals surface area contributed by atoms with E-state index in [9.17, 15) is 0 Å². The quantitative estimate of drug-likeness (QED) is 0.453. The molecule has 2 nitrogen and oxygen atoms in total. The molecule has 0 aromatic heterocycles. The molecule has 0 aromatic carbocycles. The molecule has 0 amide bonds. The Morgan fingerprint density at radius 1 is 2.00 bits per heavy atom. The molecule has 1 aliphatic rings. The van der Waals surface area contributed by atoms with Crippen LogP contribution in [-0.4, -0.2) is 12.3 Å². The Morgan fingerprint density at radius 2 is 2.83 bits per heavy atom. The zero-order valence-electron chi connectivity index (χ0n) is 3.51. The smallest absolute Gasteiger partial charge is 0.0589 e. The van der Waals surface area contributed by atoms with Gasteiger partial charge >= 0.3 is 0 Å². The van der Waals surface area contributed by atoms with E-state index in [2.05, 4.69) is 16.0 Å². The fourth-order valence-electron chi connectivity index (χ4n) is 0.266. The average molecular weight is 102 g/mol. The molecule has 34 valence electrons. The fraction of sp³-hybridized carbons (Fsp3) is 0.667. The van der Waals surface area contributed by atoms with Crippen LogP contribution in [0.3, 0.4) is 0 Å². The minimum Gasteiger partial charge on any atom is -0.236 e. The van der Waals surface area contributed by atoms with Crippen LogP contribution >= 0.6 is 12.1 Å². The van der Waals surface area contributed by atoms with Gasteiger partial charge in [-0.3, -0.25) is 0 Å². The highest BCUT2D eigenvalue weighted by molar-refractivity contribution is 7.96. The molecule has 0 spiro atoms. The molecule has 1 unspecified atom stereocenters. The van der Waals surface area contributed by atoms with E-state index in [1.54, 1.807) is 0 Å². The van der Waals surface area contributed by atoms with Gasteiger partial charge in [-0.15, -0.1) is 0 Å². The maximum Gasteiger partial charge on any atom is 0.0589 e. The van der Waals surface area contributed by atoms with Crippen LogP contribution in [0.5, 0.6) is 0 Å². The predicted molar refractivity (Wildman–Crippen MR) is 28.7 cm³/mol. The van der Waals surface area contributed by atoms with E-state index in [1.807, 2.05) is 6.21 Å². The summed E-state index contributed by atoms with van der Waals surface area (Å²) < 4.78 is 6.86. The van der Waals surface area contributed by atoms with E-state index in [4.69, 9.17) is 0 Å². The lowest BCUT2D eigenvalue weighted by molar-refractivity contribution is 0.933. The van der Waals surface area contributed by atoms with Crippen molar-refractivity contribution in [1.29, 1.82) is 0 Å². The number of rotatable bonds is 0. The second-order valence-electron chi connectivity index (χ2n) is 1.25. The normalized spacial score (nSPS) is 31.8. The second kappa shape index (κ2) is 1.62. The van der Waals surface area contributed by atoms with Gasteiger partial charge < -0.3 is 0 Å². The van der Waals surface area contributed by atoms with Gasteiger partial charge in [-0.2, -0.15) is 0 Å². The Morgan fingerprint density at radius 3 is 3.00 bits per heavy atom. The SMILES string of the molecule is CC1C=NSN1. The maximum absolute atomic E-state index is 3.84. The van der Waals surface area contributed by atoms with Crippen molar-refractivity contribution in [3.8, 4) is 0 Å². The van der Waals surface area contributed by atoms with Crippen molar-refractivity contribution in [1.82, 2.24) is 4.72 Å². The molecule has 1 N–H and O–H groups in total. The molecular formula is C3H6N2S. The lowest BCUT2D eigenvalue weighted by Gasteiger charge is -1.89. The fourth-order valence-corrected chi connectivity index (χ4v) is 0.797. The molecule has 0 aromatic rings. The minimum atomic E-state index is 0.468. The summed E-state index contributed by atoms with van der Waals surface area (Å²) in [5.74, 6) is 0. The largest absolute Gasteiger partial charge is 0.236 e. The monoisotopic (exact) mass is 102 g/mol. The van der Waals surface area contributed by atoms with Crippen LogP contribution in [0, 0.1) is 0 Å². The number of nitrogens with zero attached hydrogens (tertiary/aromatic N) is 1. The summed E-state index contributed by atoms with van der Waals surface area (Å²) in [4.78, 5) is 0. The van der Waals surface area contributed by atoms with Gasteiger partial charge in [-0.25, -0.2) is 9.12 Å². The predicted octanol–water partition coefficient (Wildman–Crippen LogP) is 0.612.